The normalized spacial score (nSPS) is 22.5. The first kappa shape index (κ1) is 14.5. The van der Waals surface area contributed by atoms with E-state index in [1.165, 1.54) is 6.42 Å². The zero-order valence-electron chi connectivity index (χ0n) is 10.9. The fraction of sp³-hybridized carbons (Fsp3) is 0.923. The highest BCUT2D eigenvalue weighted by Crippen LogP contribution is 2.22. The second-order valence-corrected chi connectivity index (χ2v) is 5.03. The topological polar surface area (TPSA) is 66.6 Å². The van der Waals surface area contributed by atoms with Crippen LogP contribution in [-0.2, 0) is 4.79 Å². The first-order valence-corrected chi connectivity index (χ1v) is 6.82. The fourth-order valence-corrected chi connectivity index (χ4v) is 2.57. The Morgan fingerprint density at radius 3 is 2.94 bits per heavy atom. The van der Waals surface area contributed by atoms with Crippen LogP contribution in [0.2, 0.25) is 0 Å². The molecule has 17 heavy (non-hydrogen) atoms. The maximum Gasteiger partial charge on any atom is 0.225 e. The van der Waals surface area contributed by atoms with Crippen molar-refractivity contribution in [1.82, 2.24) is 4.90 Å². The summed E-state index contributed by atoms with van der Waals surface area (Å²) in [7, 11) is 0. The van der Waals surface area contributed by atoms with Gasteiger partial charge in [-0.15, -0.1) is 0 Å². The van der Waals surface area contributed by atoms with Crippen LogP contribution in [0, 0.1) is 5.92 Å². The van der Waals surface area contributed by atoms with Crippen molar-refractivity contribution in [3.05, 3.63) is 0 Å². The van der Waals surface area contributed by atoms with Gasteiger partial charge in [-0.25, -0.2) is 0 Å². The average molecular weight is 242 g/mol. The number of piperidine rings is 1. The number of hydrogen-bond acceptors (Lipinski definition) is 3. The van der Waals surface area contributed by atoms with E-state index in [1.807, 2.05) is 11.8 Å². The molecule has 1 heterocycles. The molecule has 1 amide bonds. The third-order valence-corrected chi connectivity index (χ3v) is 3.64. The average Bonchev–Trinajstić information content (AvgIpc) is 2.36. The number of rotatable bonds is 6. The molecular formula is C13H26N2O2. The third-order valence-electron chi connectivity index (χ3n) is 3.64. The van der Waals surface area contributed by atoms with E-state index in [9.17, 15) is 4.79 Å². The summed E-state index contributed by atoms with van der Waals surface area (Å²) < 4.78 is 0. The molecule has 0 bridgehead atoms. The van der Waals surface area contributed by atoms with Crippen LogP contribution in [0.3, 0.4) is 0 Å². The Morgan fingerprint density at radius 2 is 2.29 bits per heavy atom. The monoisotopic (exact) mass is 242 g/mol. The van der Waals surface area contributed by atoms with Gasteiger partial charge in [0.2, 0.25) is 5.91 Å². The van der Waals surface area contributed by atoms with Gasteiger partial charge >= 0.3 is 0 Å². The SMILES string of the molecule is CC(CCCN)C(=O)N1CCCCC1CCO. The number of aliphatic hydroxyl groups is 1. The highest BCUT2D eigenvalue weighted by Gasteiger charge is 2.28. The minimum Gasteiger partial charge on any atom is -0.396 e. The molecule has 4 heteroatoms. The van der Waals surface area contributed by atoms with Gasteiger partial charge in [-0.3, -0.25) is 4.79 Å². The van der Waals surface area contributed by atoms with Crippen molar-refractivity contribution in [2.45, 2.75) is 51.5 Å². The van der Waals surface area contributed by atoms with E-state index >= 15 is 0 Å². The molecule has 1 aliphatic heterocycles. The number of hydrogen-bond donors (Lipinski definition) is 2. The van der Waals surface area contributed by atoms with E-state index in [1.54, 1.807) is 0 Å². The van der Waals surface area contributed by atoms with E-state index in [4.69, 9.17) is 10.8 Å². The van der Waals surface area contributed by atoms with Crippen LogP contribution in [0.1, 0.15) is 45.4 Å². The lowest BCUT2D eigenvalue weighted by molar-refractivity contribution is -0.139. The molecule has 0 radical (unpaired) electrons. The minimum absolute atomic E-state index is 0.0674. The summed E-state index contributed by atoms with van der Waals surface area (Å²) in [5.41, 5.74) is 5.47. The summed E-state index contributed by atoms with van der Waals surface area (Å²) in [5.74, 6) is 0.314. The van der Waals surface area contributed by atoms with Crippen molar-refractivity contribution in [1.29, 1.82) is 0 Å². The number of carbonyl (C=O) groups excluding carboxylic acids is 1. The van der Waals surface area contributed by atoms with E-state index in [0.717, 1.165) is 38.6 Å². The highest BCUT2D eigenvalue weighted by atomic mass is 16.3. The molecule has 1 saturated heterocycles. The first-order valence-electron chi connectivity index (χ1n) is 6.82. The molecular weight excluding hydrogens is 216 g/mol. The molecule has 4 nitrogen and oxygen atoms in total. The number of carbonyl (C=O) groups is 1. The molecule has 0 aromatic rings. The van der Waals surface area contributed by atoms with Crippen LogP contribution < -0.4 is 5.73 Å². The molecule has 0 saturated carbocycles. The van der Waals surface area contributed by atoms with Gasteiger partial charge in [0.15, 0.2) is 0 Å². The summed E-state index contributed by atoms with van der Waals surface area (Å²) in [5, 5.41) is 9.04. The molecule has 1 fully saturated rings. The van der Waals surface area contributed by atoms with Crippen molar-refractivity contribution >= 4 is 5.91 Å². The van der Waals surface area contributed by atoms with Crippen LogP contribution in [0.4, 0.5) is 0 Å². The molecule has 2 atom stereocenters. The Bertz CT molecular complexity index is 231. The van der Waals surface area contributed by atoms with Crippen molar-refractivity contribution in [2.24, 2.45) is 11.7 Å². The van der Waals surface area contributed by atoms with E-state index in [0.29, 0.717) is 6.54 Å². The summed E-state index contributed by atoms with van der Waals surface area (Å²) in [6, 6.07) is 0.251. The second kappa shape index (κ2) is 7.67. The molecule has 0 spiro atoms. The smallest absolute Gasteiger partial charge is 0.225 e. The van der Waals surface area contributed by atoms with Crippen LogP contribution in [-0.4, -0.2) is 41.7 Å². The van der Waals surface area contributed by atoms with Gasteiger partial charge in [0.25, 0.3) is 0 Å². The highest BCUT2D eigenvalue weighted by molar-refractivity contribution is 5.78. The van der Waals surface area contributed by atoms with Gasteiger partial charge in [0, 0.05) is 25.1 Å². The van der Waals surface area contributed by atoms with Crippen molar-refractivity contribution in [3.63, 3.8) is 0 Å². The van der Waals surface area contributed by atoms with Gasteiger partial charge in [-0.1, -0.05) is 6.92 Å². The Morgan fingerprint density at radius 1 is 1.53 bits per heavy atom. The minimum atomic E-state index is 0.0674. The lowest BCUT2D eigenvalue weighted by Gasteiger charge is -2.37. The van der Waals surface area contributed by atoms with E-state index < -0.39 is 0 Å². The predicted molar refractivity (Wildman–Crippen MR) is 68.5 cm³/mol. The maximum atomic E-state index is 12.3. The zero-order chi connectivity index (χ0) is 12.7. The van der Waals surface area contributed by atoms with Gasteiger partial charge in [0.1, 0.15) is 0 Å². The van der Waals surface area contributed by atoms with Gasteiger partial charge < -0.3 is 15.7 Å². The summed E-state index contributed by atoms with van der Waals surface area (Å²) in [6.07, 6.45) is 5.80. The molecule has 3 N–H and O–H groups in total. The predicted octanol–water partition coefficient (Wildman–Crippen LogP) is 1.12. The van der Waals surface area contributed by atoms with Crippen molar-refractivity contribution in [2.75, 3.05) is 19.7 Å². The third kappa shape index (κ3) is 4.28. The van der Waals surface area contributed by atoms with Gasteiger partial charge in [0.05, 0.1) is 0 Å². The Hall–Kier alpha value is -0.610. The molecule has 1 aliphatic rings. The zero-order valence-corrected chi connectivity index (χ0v) is 10.9. The molecule has 100 valence electrons. The van der Waals surface area contributed by atoms with Gasteiger partial charge in [-0.05, 0) is 45.1 Å². The lowest BCUT2D eigenvalue weighted by Crippen LogP contribution is -2.46. The summed E-state index contributed by atoms with van der Waals surface area (Å²) in [4.78, 5) is 14.3. The lowest BCUT2D eigenvalue weighted by atomic mass is 9.96. The molecule has 0 aromatic carbocycles. The summed E-state index contributed by atoms with van der Waals surface area (Å²) in [6.45, 7) is 3.67. The molecule has 1 rings (SSSR count). The number of nitrogens with two attached hydrogens (primary N) is 1. The summed E-state index contributed by atoms with van der Waals surface area (Å²) >= 11 is 0. The van der Waals surface area contributed by atoms with Crippen molar-refractivity contribution in [3.8, 4) is 0 Å². The number of aliphatic hydroxyl groups excluding tert-OH is 1. The van der Waals surface area contributed by atoms with Crippen LogP contribution in [0.25, 0.3) is 0 Å². The number of amides is 1. The second-order valence-electron chi connectivity index (χ2n) is 5.03. The fourth-order valence-electron chi connectivity index (χ4n) is 2.57. The first-order chi connectivity index (χ1) is 8.20. The van der Waals surface area contributed by atoms with Crippen LogP contribution in [0.15, 0.2) is 0 Å². The Kier molecular flexibility index (Phi) is 6.52. The molecule has 2 unspecified atom stereocenters. The quantitative estimate of drug-likeness (QED) is 0.733. The standard InChI is InChI=1S/C13H26N2O2/c1-11(5-4-8-14)13(17)15-9-3-2-6-12(15)7-10-16/h11-12,16H,2-10,14H2,1H3. The van der Waals surface area contributed by atoms with Crippen LogP contribution in [0.5, 0.6) is 0 Å². The van der Waals surface area contributed by atoms with Crippen LogP contribution >= 0.6 is 0 Å². The number of nitrogens with zero attached hydrogens (tertiary/aromatic N) is 1. The Labute approximate surface area is 104 Å². The van der Waals surface area contributed by atoms with E-state index in [-0.39, 0.29) is 24.5 Å². The largest absolute Gasteiger partial charge is 0.396 e. The maximum absolute atomic E-state index is 12.3. The molecule has 0 aromatic heterocycles. The molecule has 0 aliphatic carbocycles. The number of likely N-dealkylation sites (tertiary alicyclic amines) is 1. The van der Waals surface area contributed by atoms with Gasteiger partial charge in [-0.2, -0.15) is 0 Å². The van der Waals surface area contributed by atoms with E-state index in [2.05, 4.69) is 0 Å². The van der Waals surface area contributed by atoms with Crippen molar-refractivity contribution < 1.29 is 9.90 Å². The Balaban J connectivity index is 2.51.